The molecule has 0 aliphatic heterocycles. The van der Waals surface area contributed by atoms with Crippen molar-refractivity contribution in [3.63, 3.8) is 0 Å². The van der Waals surface area contributed by atoms with Gasteiger partial charge < -0.3 is 10.5 Å². The topological polar surface area (TPSA) is 48.1 Å². The minimum Gasteiger partial charge on any atom is -0.487 e. The van der Waals surface area contributed by atoms with Crippen LogP contribution in [0, 0.1) is 0 Å². The van der Waals surface area contributed by atoms with Gasteiger partial charge >= 0.3 is 0 Å². The molecule has 0 unspecified atom stereocenters. The van der Waals surface area contributed by atoms with Crippen LogP contribution in [0.15, 0.2) is 59.2 Å². The number of nitrogens with zero attached hydrogens (tertiary/aromatic N) is 1. The third kappa shape index (κ3) is 2.60. The molecule has 1 heterocycles. The number of aromatic nitrogens is 1. The van der Waals surface area contributed by atoms with E-state index in [0.717, 1.165) is 20.9 Å². The second-order valence-corrected chi connectivity index (χ2v) is 5.38. The van der Waals surface area contributed by atoms with Crippen LogP contribution in [-0.2, 0) is 6.61 Å². The van der Waals surface area contributed by atoms with E-state index in [1.807, 2.05) is 48.5 Å². The smallest absolute Gasteiger partial charge is 0.143 e. The predicted molar refractivity (Wildman–Crippen MR) is 84.6 cm³/mol. The van der Waals surface area contributed by atoms with Crippen LogP contribution in [0.2, 0.25) is 0 Å². The molecule has 0 aliphatic rings. The average molecular weight is 329 g/mol. The minimum atomic E-state index is 0.482. The Morgan fingerprint density at radius 3 is 2.85 bits per heavy atom. The summed E-state index contributed by atoms with van der Waals surface area (Å²) in [5, 5.41) is 0.916. The molecule has 100 valence electrons. The fourth-order valence-electron chi connectivity index (χ4n) is 2.07. The largest absolute Gasteiger partial charge is 0.487 e. The lowest BCUT2D eigenvalue weighted by atomic mass is 10.1. The Labute approximate surface area is 125 Å². The number of benzene rings is 2. The van der Waals surface area contributed by atoms with Gasteiger partial charge in [0.15, 0.2) is 0 Å². The van der Waals surface area contributed by atoms with Crippen molar-refractivity contribution in [1.29, 1.82) is 0 Å². The highest BCUT2D eigenvalue weighted by Crippen LogP contribution is 2.30. The maximum atomic E-state index is 6.14. The van der Waals surface area contributed by atoms with Gasteiger partial charge in [-0.1, -0.05) is 28.1 Å². The molecule has 0 radical (unpaired) electrons. The summed E-state index contributed by atoms with van der Waals surface area (Å²) in [7, 11) is 0. The highest BCUT2D eigenvalue weighted by atomic mass is 79.9. The first-order chi connectivity index (χ1) is 9.74. The standard InChI is InChI=1S/C16H13BrN2O/c17-12-4-1-3-11(9-12)10-20-15-7-6-14-13(16(15)18)5-2-8-19-14/h1-9H,10,18H2. The summed E-state index contributed by atoms with van der Waals surface area (Å²) < 4.78 is 6.85. The Morgan fingerprint density at radius 2 is 2.00 bits per heavy atom. The van der Waals surface area contributed by atoms with E-state index in [1.54, 1.807) is 6.20 Å². The van der Waals surface area contributed by atoms with Crippen LogP contribution >= 0.6 is 15.9 Å². The average Bonchev–Trinajstić information content (AvgIpc) is 2.47. The van der Waals surface area contributed by atoms with E-state index >= 15 is 0 Å². The molecule has 0 bridgehead atoms. The molecule has 4 heteroatoms. The number of hydrogen-bond acceptors (Lipinski definition) is 3. The van der Waals surface area contributed by atoms with Crippen LogP contribution in [-0.4, -0.2) is 4.98 Å². The molecule has 0 saturated heterocycles. The molecular weight excluding hydrogens is 316 g/mol. The SMILES string of the molecule is Nc1c(OCc2cccc(Br)c2)ccc2ncccc12. The number of anilines is 1. The molecule has 0 saturated carbocycles. The van der Waals surface area contributed by atoms with Crippen molar-refractivity contribution < 1.29 is 4.74 Å². The Morgan fingerprint density at radius 1 is 1.10 bits per heavy atom. The van der Waals surface area contributed by atoms with Crippen molar-refractivity contribution in [2.45, 2.75) is 6.61 Å². The molecule has 0 atom stereocenters. The zero-order chi connectivity index (χ0) is 13.9. The van der Waals surface area contributed by atoms with Crippen LogP contribution in [0.5, 0.6) is 5.75 Å². The van der Waals surface area contributed by atoms with Crippen LogP contribution in [0.25, 0.3) is 10.9 Å². The van der Waals surface area contributed by atoms with Crippen LogP contribution < -0.4 is 10.5 Å². The van der Waals surface area contributed by atoms with Crippen LogP contribution in [0.1, 0.15) is 5.56 Å². The summed E-state index contributed by atoms with van der Waals surface area (Å²) >= 11 is 3.45. The van der Waals surface area contributed by atoms with Crippen molar-refractivity contribution in [3.8, 4) is 5.75 Å². The summed E-state index contributed by atoms with van der Waals surface area (Å²) in [6, 6.07) is 15.6. The zero-order valence-electron chi connectivity index (χ0n) is 10.7. The van der Waals surface area contributed by atoms with E-state index in [0.29, 0.717) is 18.0 Å². The predicted octanol–water partition coefficient (Wildman–Crippen LogP) is 4.16. The van der Waals surface area contributed by atoms with Gasteiger partial charge in [-0.15, -0.1) is 0 Å². The van der Waals surface area contributed by atoms with E-state index in [1.165, 1.54) is 0 Å². The molecule has 2 aromatic carbocycles. The number of hydrogen-bond donors (Lipinski definition) is 1. The summed E-state index contributed by atoms with van der Waals surface area (Å²) in [5.41, 5.74) is 8.73. The minimum absolute atomic E-state index is 0.482. The highest BCUT2D eigenvalue weighted by Gasteiger charge is 2.06. The van der Waals surface area contributed by atoms with Crippen molar-refractivity contribution in [2.75, 3.05) is 5.73 Å². The van der Waals surface area contributed by atoms with E-state index in [2.05, 4.69) is 20.9 Å². The molecule has 3 nitrogen and oxygen atoms in total. The first-order valence-corrected chi connectivity index (χ1v) is 7.04. The Kier molecular flexibility index (Phi) is 3.56. The number of nitrogens with two attached hydrogens (primary N) is 1. The third-order valence-electron chi connectivity index (χ3n) is 3.07. The number of rotatable bonds is 3. The molecule has 20 heavy (non-hydrogen) atoms. The third-order valence-corrected chi connectivity index (χ3v) is 3.56. The number of halogens is 1. The summed E-state index contributed by atoms with van der Waals surface area (Å²) in [6.45, 7) is 0.482. The lowest BCUT2D eigenvalue weighted by molar-refractivity contribution is 0.308. The van der Waals surface area contributed by atoms with Gasteiger partial charge in [-0.3, -0.25) is 4.98 Å². The molecule has 2 N–H and O–H groups in total. The number of ether oxygens (including phenoxy) is 1. The van der Waals surface area contributed by atoms with Crippen molar-refractivity contribution in [2.24, 2.45) is 0 Å². The molecule has 0 fully saturated rings. The first kappa shape index (κ1) is 12.9. The lowest BCUT2D eigenvalue weighted by Gasteiger charge is -2.11. The Bertz CT molecular complexity index is 758. The van der Waals surface area contributed by atoms with Gasteiger partial charge in [0.05, 0.1) is 11.2 Å². The van der Waals surface area contributed by atoms with Crippen molar-refractivity contribution in [1.82, 2.24) is 4.98 Å². The number of pyridine rings is 1. The van der Waals surface area contributed by atoms with Gasteiger partial charge in [-0.2, -0.15) is 0 Å². The zero-order valence-corrected chi connectivity index (χ0v) is 12.3. The number of nitrogen functional groups attached to an aromatic ring is 1. The summed E-state index contributed by atoms with van der Waals surface area (Å²) in [5.74, 6) is 0.686. The summed E-state index contributed by atoms with van der Waals surface area (Å²) in [6.07, 6.45) is 1.75. The van der Waals surface area contributed by atoms with Gasteiger partial charge in [0, 0.05) is 16.1 Å². The fraction of sp³-hybridized carbons (Fsp3) is 0.0625. The lowest BCUT2D eigenvalue weighted by Crippen LogP contribution is -1.99. The fourth-order valence-corrected chi connectivity index (χ4v) is 2.52. The Balaban J connectivity index is 1.86. The molecule has 1 aromatic heterocycles. The second kappa shape index (κ2) is 5.51. The first-order valence-electron chi connectivity index (χ1n) is 6.24. The molecule has 0 aliphatic carbocycles. The van der Waals surface area contributed by atoms with Gasteiger partial charge in [0.25, 0.3) is 0 Å². The maximum absolute atomic E-state index is 6.14. The van der Waals surface area contributed by atoms with Crippen molar-refractivity contribution in [3.05, 3.63) is 64.8 Å². The van der Waals surface area contributed by atoms with E-state index in [-0.39, 0.29) is 0 Å². The van der Waals surface area contributed by atoms with Gasteiger partial charge in [-0.25, -0.2) is 0 Å². The maximum Gasteiger partial charge on any atom is 0.143 e. The van der Waals surface area contributed by atoms with Crippen LogP contribution in [0.4, 0.5) is 5.69 Å². The van der Waals surface area contributed by atoms with Crippen molar-refractivity contribution >= 4 is 32.5 Å². The normalized spacial score (nSPS) is 10.7. The van der Waals surface area contributed by atoms with Crippen LogP contribution in [0.3, 0.4) is 0 Å². The van der Waals surface area contributed by atoms with E-state index in [9.17, 15) is 0 Å². The number of fused-ring (bicyclic) bond motifs is 1. The highest BCUT2D eigenvalue weighted by molar-refractivity contribution is 9.10. The van der Waals surface area contributed by atoms with Gasteiger partial charge in [0.2, 0.25) is 0 Å². The molecule has 0 amide bonds. The van der Waals surface area contributed by atoms with E-state index < -0.39 is 0 Å². The van der Waals surface area contributed by atoms with E-state index in [4.69, 9.17) is 10.5 Å². The van der Waals surface area contributed by atoms with Gasteiger partial charge in [-0.05, 0) is 42.0 Å². The molecule has 3 aromatic rings. The molecule has 0 spiro atoms. The Hall–Kier alpha value is -2.07. The quantitative estimate of drug-likeness (QED) is 0.734. The second-order valence-electron chi connectivity index (χ2n) is 4.47. The summed E-state index contributed by atoms with van der Waals surface area (Å²) in [4.78, 5) is 4.27. The molecular formula is C16H13BrN2O. The monoisotopic (exact) mass is 328 g/mol. The van der Waals surface area contributed by atoms with Gasteiger partial charge in [0.1, 0.15) is 12.4 Å². The molecule has 3 rings (SSSR count).